The molecule has 1 aromatic heterocycles. The van der Waals surface area contributed by atoms with Crippen molar-refractivity contribution in [3.63, 3.8) is 0 Å². The fourth-order valence-electron chi connectivity index (χ4n) is 3.77. The molecule has 1 unspecified atom stereocenters. The van der Waals surface area contributed by atoms with Gasteiger partial charge in [0.15, 0.2) is 5.11 Å². The smallest absolute Gasteiger partial charge is 0.253 e. The van der Waals surface area contributed by atoms with Gasteiger partial charge in [0.25, 0.3) is 5.56 Å². The van der Waals surface area contributed by atoms with E-state index in [-0.39, 0.29) is 11.7 Å². The Hall–Kier alpha value is -1.96. The molecular weight excluding hydrogens is 398 g/mol. The van der Waals surface area contributed by atoms with E-state index < -0.39 is 0 Å². The maximum absolute atomic E-state index is 12.8. The summed E-state index contributed by atoms with van der Waals surface area (Å²) in [5, 5.41) is 5.01. The number of H-pyrrole nitrogens is 1. The number of hydrogen-bond acceptors (Lipinski definition) is 4. The van der Waals surface area contributed by atoms with Gasteiger partial charge in [0.2, 0.25) is 0 Å². The number of benzene rings is 1. The molecule has 1 aromatic carbocycles. The highest BCUT2D eigenvalue weighted by Crippen LogP contribution is 2.20. The number of aromatic nitrogens is 1. The van der Waals surface area contributed by atoms with E-state index in [1.165, 1.54) is 5.56 Å². The van der Waals surface area contributed by atoms with E-state index in [4.69, 9.17) is 21.7 Å². The average molecular weight is 432 g/mol. The summed E-state index contributed by atoms with van der Waals surface area (Å²) in [6.07, 6.45) is 3.13. The van der Waals surface area contributed by atoms with Crippen LogP contribution in [0, 0.1) is 13.8 Å². The molecule has 3 rings (SSSR count). The first-order chi connectivity index (χ1) is 14.5. The molecule has 0 amide bonds. The lowest BCUT2D eigenvalue weighted by Gasteiger charge is -2.28. The Labute approximate surface area is 183 Å². The summed E-state index contributed by atoms with van der Waals surface area (Å²) >= 11 is 5.67. The van der Waals surface area contributed by atoms with Gasteiger partial charge in [0.1, 0.15) is 0 Å². The minimum absolute atomic E-state index is 0.0623. The SMILES string of the molecule is CCOCCCNC(=S)N(Cc1cc2ccc(C)c(C)c2[nH]c1=O)CC1CCCO1. The Morgan fingerprint density at radius 1 is 1.40 bits per heavy atom. The van der Waals surface area contributed by atoms with Gasteiger partial charge in [-0.15, -0.1) is 0 Å². The van der Waals surface area contributed by atoms with E-state index in [0.717, 1.165) is 55.5 Å². The highest BCUT2D eigenvalue weighted by atomic mass is 32.1. The second-order valence-electron chi connectivity index (χ2n) is 7.89. The molecule has 30 heavy (non-hydrogen) atoms. The number of hydrogen-bond donors (Lipinski definition) is 2. The van der Waals surface area contributed by atoms with Crippen LogP contribution in [0.5, 0.6) is 0 Å². The van der Waals surface area contributed by atoms with Crippen LogP contribution in [0.1, 0.15) is 42.9 Å². The lowest BCUT2D eigenvalue weighted by atomic mass is 10.0. The maximum atomic E-state index is 12.8. The van der Waals surface area contributed by atoms with Crippen molar-refractivity contribution in [2.45, 2.75) is 52.7 Å². The molecule has 2 heterocycles. The van der Waals surface area contributed by atoms with Crippen molar-refractivity contribution >= 4 is 28.2 Å². The molecule has 0 aliphatic carbocycles. The van der Waals surface area contributed by atoms with Gasteiger partial charge in [-0.1, -0.05) is 12.1 Å². The monoisotopic (exact) mass is 431 g/mol. The average Bonchev–Trinajstić information content (AvgIpc) is 3.24. The number of aryl methyl sites for hydroxylation is 2. The van der Waals surface area contributed by atoms with Crippen molar-refractivity contribution in [1.82, 2.24) is 15.2 Å². The molecule has 0 bridgehead atoms. The van der Waals surface area contributed by atoms with Gasteiger partial charge < -0.3 is 24.7 Å². The maximum Gasteiger partial charge on any atom is 0.253 e. The van der Waals surface area contributed by atoms with Crippen LogP contribution in [0.2, 0.25) is 0 Å². The van der Waals surface area contributed by atoms with E-state index in [2.05, 4.69) is 34.3 Å². The second kappa shape index (κ2) is 10.9. The van der Waals surface area contributed by atoms with Crippen LogP contribution >= 0.6 is 12.2 Å². The Morgan fingerprint density at radius 3 is 2.97 bits per heavy atom. The Balaban J connectivity index is 1.76. The predicted octanol–water partition coefficient (Wildman–Crippen LogP) is 3.43. The van der Waals surface area contributed by atoms with Gasteiger partial charge in [0, 0.05) is 38.5 Å². The first-order valence-corrected chi connectivity index (χ1v) is 11.2. The fraction of sp³-hybridized carbons (Fsp3) is 0.565. The van der Waals surface area contributed by atoms with Crippen LogP contribution in [-0.2, 0) is 16.0 Å². The van der Waals surface area contributed by atoms with Crippen molar-refractivity contribution in [1.29, 1.82) is 0 Å². The highest BCUT2D eigenvalue weighted by molar-refractivity contribution is 7.80. The summed E-state index contributed by atoms with van der Waals surface area (Å²) in [5.41, 5.74) is 3.84. The van der Waals surface area contributed by atoms with Crippen LogP contribution < -0.4 is 10.9 Å². The molecule has 1 aliphatic heterocycles. The molecule has 1 aliphatic rings. The molecule has 0 spiro atoms. The Bertz CT molecular complexity index is 922. The van der Waals surface area contributed by atoms with E-state index in [0.29, 0.717) is 30.4 Å². The number of pyridine rings is 1. The van der Waals surface area contributed by atoms with Gasteiger partial charge in [-0.25, -0.2) is 0 Å². The molecule has 2 N–H and O–H groups in total. The van der Waals surface area contributed by atoms with E-state index in [1.54, 1.807) is 0 Å². The van der Waals surface area contributed by atoms with E-state index >= 15 is 0 Å². The summed E-state index contributed by atoms with van der Waals surface area (Å²) in [5.74, 6) is 0. The molecule has 164 valence electrons. The van der Waals surface area contributed by atoms with Gasteiger partial charge >= 0.3 is 0 Å². The van der Waals surface area contributed by atoms with Crippen LogP contribution in [-0.4, -0.2) is 54.0 Å². The van der Waals surface area contributed by atoms with Crippen LogP contribution in [0.4, 0.5) is 0 Å². The van der Waals surface area contributed by atoms with Crippen molar-refractivity contribution in [2.24, 2.45) is 0 Å². The first kappa shape index (κ1) is 22.7. The van der Waals surface area contributed by atoms with Crippen molar-refractivity contribution < 1.29 is 9.47 Å². The molecule has 1 atom stereocenters. The Morgan fingerprint density at radius 2 is 2.23 bits per heavy atom. The molecule has 1 saturated heterocycles. The zero-order valence-electron chi connectivity index (χ0n) is 18.3. The summed E-state index contributed by atoms with van der Waals surface area (Å²) in [4.78, 5) is 18.0. The van der Waals surface area contributed by atoms with Gasteiger partial charge in [-0.05, 0) is 74.8 Å². The summed E-state index contributed by atoms with van der Waals surface area (Å²) in [6.45, 7) is 10.2. The minimum atomic E-state index is -0.0623. The van der Waals surface area contributed by atoms with E-state index in [1.807, 2.05) is 19.9 Å². The predicted molar refractivity (Wildman–Crippen MR) is 125 cm³/mol. The highest BCUT2D eigenvalue weighted by Gasteiger charge is 2.22. The third-order valence-corrected chi connectivity index (χ3v) is 6.07. The number of nitrogens with one attached hydrogen (secondary N) is 2. The number of thiocarbonyl (C=S) groups is 1. The van der Waals surface area contributed by atoms with Crippen molar-refractivity contribution in [3.8, 4) is 0 Å². The zero-order chi connectivity index (χ0) is 21.5. The zero-order valence-corrected chi connectivity index (χ0v) is 19.1. The third-order valence-electron chi connectivity index (χ3n) is 5.67. The second-order valence-corrected chi connectivity index (χ2v) is 8.28. The quantitative estimate of drug-likeness (QED) is 0.468. The lowest BCUT2D eigenvalue weighted by Crippen LogP contribution is -2.44. The van der Waals surface area contributed by atoms with Crippen molar-refractivity contribution in [3.05, 3.63) is 45.2 Å². The number of rotatable bonds is 9. The molecular formula is C23H33N3O3S. The number of aromatic amines is 1. The van der Waals surface area contributed by atoms with Crippen LogP contribution in [0.15, 0.2) is 23.0 Å². The van der Waals surface area contributed by atoms with Crippen LogP contribution in [0.3, 0.4) is 0 Å². The summed E-state index contributed by atoms with van der Waals surface area (Å²) < 4.78 is 11.2. The molecule has 0 radical (unpaired) electrons. The lowest BCUT2D eigenvalue weighted by molar-refractivity contribution is 0.0896. The van der Waals surface area contributed by atoms with Gasteiger partial charge in [0.05, 0.1) is 18.2 Å². The Kier molecular flexibility index (Phi) is 8.24. The largest absolute Gasteiger partial charge is 0.382 e. The fourth-order valence-corrected chi connectivity index (χ4v) is 4.01. The van der Waals surface area contributed by atoms with E-state index in [9.17, 15) is 4.79 Å². The molecule has 0 saturated carbocycles. The standard InChI is InChI=1S/C23H33N3O3S/c1-4-28-11-6-10-24-23(30)26(15-20-7-5-12-29-20)14-19-13-18-9-8-16(2)17(3)21(18)25-22(19)27/h8-9,13,20H,4-7,10-12,14-15H2,1-3H3,(H,24,30)(H,25,27). The molecule has 7 heteroatoms. The molecule has 2 aromatic rings. The first-order valence-electron chi connectivity index (χ1n) is 10.8. The number of ether oxygens (including phenoxy) is 2. The summed E-state index contributed by atoms with van der Waals surface area (Å²) in [6, 6.07) is 6.14. The van der Waals surface area contributed by atoms with Gasteiger partial charge in [-0.2, -0.15) is 0 Å². The molecule has 1 fully saturated rings. The number of fused-ring (bicyclic) bond motifs is 1. The van der Waals surface area contributed by atoms with Crippen LogP contribution in [0.25, 0.3) is 10.9 Å². The summed E-state index contributed by atoms with van der Waals surface area (Å²) in [7, 11) is 0. The minimum Gasteiger partial charge on any atom is -0.382 e. The van der Waals surface area contributed by atoms with Gasteiger partial charge in [-0.3, -0.25) is 4.79 Å². The molecule has 6 nitrogen and oxygen atoms in total. The topological polar surface area (TPSA) is 66.6 Å². The van der Waals surface area contributed by atoms with Crippen molar-refractivity contribution in [2.75, 3.05) is 32.9 Å². The third kappa shape index (κ3) is 5.80. The normalized spacial score (nSPS) is 16.2. The number of nitrogens with zero attached hydrogens (tertiary/aromatic N) is 1.